The number of aryl methyl sites for hydroxylation is 1. The van der Waals surface area contributed by atoms with Crippen LogP contribution in [0.2, 0.25) is 0 Å². The Balaban J connectivity index is 1.35. The molecule has 1 fully saturated rings. The summed E-state index contributed by atoms with van der Waals surface area (Å²) in [5.74, 6) is -0.612. The topological polar surface area (TPSA) is 86.1 Å². The number of rotatable bonds is 6. The van der Waals surface area contributed by atoms with Gasteiger partial charge in [0.1, 0.15) is 11.8 Å². The van der Waals surface area contributed by atoms with E-state index in [0.29, 0.717) is 31.1 Å². The van der Waals surface area contributed by atoms with Gasteiger partial charge in [-0.2, -0.15) is 0 Å². The smallest absolute Gasteiger partial charge is 0.336 e. The van der Waals surface area contributed by atoms with Gasteiger partial charge in [0.2, 0.25) is 5.75 Å². The van der Waals surface area contributed by atoms with Gasteiger partial charge in [-0.1, -0.05) is 0 Å². The molecule has 3 aliphatic rings. The molecule has 0 radical (unpaired) electrons. The van der Waals surface area contributed by atoms with Crippen LogP contribution in [0.5, 0.6) is 11.6 Å². The van der Waals surface area contributed by atoms with Crippen LogP contribution in [0.25, 0.3) is 0 Å². The maximum Gasteiger partial charge on any atom is 0.336 e. The molecule has 1 aromatic heterocycles. The van der Waals surface area contributed by atoms with Gasteiger partial charge in [0.05, 0.1) is 6.61 Å². The molecule has 0 saturated carbocycles. The Hall–Kier alpha value is -2.39. The third-order valence-corrected chi connectivity index (χ3v) is 5.79. The summed E-state index contributed by atoms with van der Waals surface area (Å²) >= 11 is 0. The molecule has 3 aliphatic heterocycles. The van der Waals surface area contributed by atoms with Crippen molar-refractivity contribution in [3.63, 3.8) is 0 Å². The van der Waals surface area contributed by atoms with Crippen molar-refractivity contribution >= 4 is 11.9 Å². The van der Waals surface area contributed by atoms with Crippen LogP contribution in [0.1, 0.15) is 43.9 Å². The number of nitrogens with zero attached hydrogens (tertiary/aromatic N) is 4. The van der Waals surface area contributed by atoms with E-state index in [1.807, 2.05) is 0 Å². The molecule has 0 N–H and O–H groups in total. The maximum atomic E-state index is 12.1. The molecule has 0 aliphatic carbocycles. The molecule has 4 rings (SSSR count). The van der Waals surface area contributed by atoms with Crippen LogP contribution in [0, 0.1) is 0 Å². The lowest BCUT2D eigenvalue weighted by molar-refractivity contribution is -0.144. The fourth-order valence-electron chi connectivity index (χ4n) is 4.17. The molecule has 9 heteroatoms. The summed E-state index contributed by atoms with van der Waals surface area (Å²) in [4.78, 5) is 28.8. The molecule has 164 valence electrons. The lowest BCUT2D eigenvalue weighted by Gasteiger charge is -2.23. The second kappa shape index (κ2) is 9.61. The second-order valence-corrected chi connectivity index (χ2v) is 8.12. The molecule has 0 spiro atoms. The molecule has 1 saturated heterocycles. The van der Waals surface area contributed by atoms with Gasteiger partial charge >= 0.3 is 11.9 Å². The van der Waals surface area contributed by atoms with Gasteiger partial charge in [0.15, 0.2) is 0 Å². The van der Waals surface area contributed by atoms with Crippen molar-refractivity contribution in [3.8, 4) is 11.6 Å². The minimum Gasteiger partial charge on any atom is -0.474 e. The number of carbonyl (C=O) groups is 2. The average molecular weight is 418 g/mol. The van der Waals surface area contributed by atoms with Gasteiger partial charge in [-0.25, -0.2) is 9.59 Å². The standard InChI is InChI=1S/C21H30N4O5/c1-23-9-5-11-24(14-13-23)10-2-3-15-28-21-20-19-16(6-4-12-25(19)22-21)29-17(26)7-8-18(27)30-20/h7-8,16H,2-6,9-15H2,1H3/b8-7-. The number of carbonyl (C=O) groups excluding carboxylic acids is 2. The van der Waals surface area contributed by atoms with E-state index in [2.05, 4.69) is 21.9 Å². The average Bonchev–Trinajstić information content (AvgIpc) is 2.96. The Labute approximate surface area is 176 Å². The van der Waals surface area contributed by atoms with Crippen molar-refractivity contribution in [2.24, 2.45) is 0 Å². The third kappa shape index (κ3) is 5.02. The highest BCUT2D eigenvalue weighted by atomic mass is 16.6. The van der Waals surface area contributed by atoms with Gasteiger partial charge in [0, 0.05) is 31.8 Å². The number of hydrogen-bond donors (Lipinski definition) is 0. The lowest BCUT2D eigenvalue weighted by Crippen LogP contribution is -2.29. The minimum atomic E-state index is -0.634. The first-order valence-corrected chi connectivity index (χ1v) is 10.8. The van der Waals surface area contributed by atoms with E-state index in [0.717, 1.165) is 64.1 Å². The molecule has 9 nitrogen and oxygen atoms in total. The molecule has 0 aromatic carbocycles. The Morgan fingerprint density at radius 3 is 2.83 bits per heavy atom. The zero-order valence-corrected chi connectivity index (χ0v) is 17.5. The summed E-state index contributed by atoms with van der Waals surface area (Å²) in [5, 5.41) is 4.48. The van der Waals surface area contributed by atoms with Crippen molar-refractivity contribution in [3.05, 3.63) is 17.8 Å². The lowest BCUT2D eigenvalue weighted by atomic mass is 10.1. The normalized spacial score (nSPS) is 24.0. The Kier molecular flexibility index (Phi) is 6.69. The summed E-state index contributed by atoms with van der Waals surface area (Å²) in [7, 11) is 2.18. The van der Waals surface area contributed by atoms with E-state index in [9.17, 15) is 9.59 Å². The number of aromatic nitrogens is 2. The van der Waals surface area contributed by atoms with Gasteiger partial charge in [0.25, 0.3) is 5.88 Å². The van der Waals surface area contributed by atoms with Crippen LogP contribution in [0.15, 0.2) is 12.2 Å². The van der Waals surface area contributed by atoms with Crippen LogP contribution in [-0.4, -0.2) is 77.9 Å². The summed E-state index contributed by atoms with van der Waals surface area (Å²) in [6, 6.07) is 0. The quantitative estimate of drug-likeness (QED) is 0.508. The molecular weight excluding hydrogens is 388 g/mol. The summed E-state index contributed by atoms with van der Waals surface area (Å²) < 4.78 is 18.6. The zero-order chi connectivity index (χ0) is 20.9. The number of esters is 2. The van der Waals surface area contributed by atoms with E-state index in [4.69, 9.17) is 14.2 Å². The molecule has 0 bridgehead atoms. The largest absolute Gasteiger partial charge is 0.474 e. The molecule has 1 aromatic rings. The maximum absolute atomic E-state index is 12.1. The SMILES string of the molecule is CN1CCCN(CCCCOc2nn3c4c2OC(=O)/C=C\C(=O)OC4CCC3)CC1. The monoisotopic (exact) mass is 418 g/mol. The second-order valence-electron chi connectivity index (χ2n) is 8.12. The highest BCUT2D eigenvalue weighted by Crippen LogP contribution is 2.41. The van der Waals surface area contributed by atoms with E-state index in [1.54, 1.807) is 4.68 Å². The molecule has 4 heterocycles. The van der Waals surface area contributed by atoms with E-state index in [-0.39, 0.29) is 5.75 Å². The molecule has 0 amide bonds. The summed E-state index contributed by atoms with van der Waals surface area (Å²) in [6.45, 7) is 6.76. The highest BCUT2D eigenvalue weighted by molar-refractivity contribution is 5.93. The fourth-order valence-corrected chi connectivity index (χ4v) is 4.17. The van der Waals surface area contributed by atoms with Crippen molar-refractivity contribution < 1.29 is 23.8 Å². The van der Waals surface area contributed by atoms with Crippen molar-refractivity contribution in [1.82, 2.24) is 19.6 Å². The van der Waals surface area contributed by atoms with Gasteiger partial charge in [-0.05, 0) is 58.8 Å². The van der Waals surface area contributed by atoms with Crippen LogP contribution >= 0.6 is 0 Å². The number of ether oxygens (including phenoxy) is 3. The minimum absolute atomic E-state index is 0.277. The van der Waals surface area contributed by atoms with Crippen LogP contribution in [0.3, 0.4) is 0 Å². The number of likely N-dealkylation sites (N-methyl/N-ethyl adjacent to an activating group) is 1. The predicted molar refractivity (Wildman–Crippen MR) is 108 cm³/mol. The van der Waals surface area contributed by atoms with Gasteiger partial charge in [-0.15, -0.1) is 5.10 Å². The van der Waals surface area contributed by atoms with E-state index >= 15 is 0 Å². The van der Waals surface area contributed by atoms with Crippen LogP contribution in [-0.2, 0) is 20.9 Å². The molecule has 1 unspecified atom stereocenters. The first-order valence-electron chi connectivity index (χ1n) is 10.8. The Morgan fingerprint density at radius 2 is 1.93 bits per heavy atom. The molecule has 30 heavy (non-hydrogen) atoms. The Morgan fingerprint density at radius 1 is 1.07 bits per heavy atom. The van der Waals surface area contributed by atoms with Crippen molar-refractivity contribution in [1.29, 1.82) is 0 Å². The van der Waals surface area contributed by atoms with E-state index < -0.39 is 18.0 Å². The van der Waals surface area contributed by atoms with E-state index in [1.165, 1.54) is 6.42 Å². The molecular formula is C21H30N4O5. The molecule has 1 atom stereocenters. The predicted octanol–water partition coefficient (Wildman–Crippen LogP) is 1.53. The summed E-state index contributed by atoms with van der Waals surface area (Å²) in [6.07, 6.45) is 6.32. The van der Waals surface area contributed by atoms with Crippen molar-refractivity contribution in [2.75, 3.05) is 46.4 Å². The Bertz CT molecular complexity index is 806. The highest BCUT2D eigenvalue weighted by Gasteiger charge is 2.34. The first-order chi connectivity index (χ1) is 14.6. The van der Waals surface area contributed by atoms with Crippen molar-refractivity contribution in [2.45, 2.75) is 44.8 Å². The van der Waals surface area contributed by atoms with Gasteiger partial charge < -0.3 is 24.0 Å². The van der Waals surface area contributed by atoms with Crippen LogP contribution in [0.4, 0.5) is 0 Å². The fraction of sp³-hybridized carbons (Fsp3) is 0.667. The summed E-state index contributed by atoms with van der Waals surface area (Å²) in [5.41, 5.74) is 0.607. The number of unbranched alkanes of at least 4 members (excludes halogenated alkanes) is 1. The van der Waals surface area contributed by atoms with Gasteiger partial charge in [-0.3, -0.25) is 4.68 Å². The zero-order valence-electron chi connectivity index (χ0n) is 17.5. The first kappa shape index (κ1) is 20.9. The third-order valence-electron chi connectivity index (χ3n) is 5.79. The number of hydrogen-bond acceptors (Lipinski definition) is 8. The van der Waals surface area contributed by atoms with Crippen LogP contribution < -0.4 is 9.47 Å².